The summed E-state index contributed by atoms with van der Waals surface area (Å²) in [6.45, 7) is 9.81. The predicted molar refractivity (Wildman–Crippen MR) is 141 cm³/mol. The van der Waals surface area contributed by atoms with Crippen molar-refractivity contribution in [2.24, 2.45) is 23.7 Å². The smallest absolute Gasteiger partial charge is 0.337 e. The molecule has 3 rings (SSSR count). The Morgan fingerprint density at radius 1 is 1.22 bits per heavy atom. The molecule has 0 amide bonds. The quantitative estimate of drug-likeness (QED) is 0.174. The molecule has 196 valence electrons. The SMILES string of the molecule is CC1=C(C(=O)O)C(c2cccc([N+](=O)[O-])c2)C(C(=O)OC2CC(C)CC(CCBr)C2C(C)C)=C(C)N1. The summed E-state index contributed by atoms with van der Waals surface area (Å²) in [6, 6.07) is 5.80. The first-order chi connectivity index (χ1) is 17.0. The maximum absolute atomic E-state index is 13.8. The highest BCUT2D eigenvalue weighted by Crippen LogP contribution is 2.44. The van der Waals surface area contributed by atoms with Crippen molar-refractivity contribution in [3.63, 3.8) is 0 Å². The van der Waals surface area contributed by atoms with E-state index in [1.165, 1.54) is 18.2 Å². The van der Waals surface area contributed by atoms with Crippen molar-refractivity contribution in [2.75, 3.05) is 5.33 Å². The van der Waals surface area contributed by atoms with Crippen LogP contribution in [0.15, 0.2) is 46.8 Å². The third-order valence-corrected chi connectivity index (χ3v) is 7.90. The number of esters is 1. The predicted octanol–water partition coefficient (Wildman–Crippen LogP) is 5.93. The minimum atomic E-state index is -1.20. The van der Waals surface area contributed by atoms with E-state index in [0.717, 1.165) is 24.6 Å². The first-order valence-electron chi connectivity index (χ1n) is 12.4. The van der Waals surface area contributed by atoms with E-state index in [2.05, 4.69) is 42.0 Å². The van der Waals surface area contributed by atoms with Gasteiger partial charge in [0.1, 0.15) is 6.10 Å². The van der Waals surface area contributed by atoms with Gasteiger partial charge in [0.25, 0.3) is 5.69 Å². The Morgan fingerprint density at radius 3 is 2.47 bits per heavy atom. The fraction of sp³-hybridized carbons (Fsp3) is 0.556. The first kappa shape index (κ1) is 27.9. The zero-order chi connectivity index (χ0) is 26.7. The summed E-state index contributed by atoms with van der Waals surface area (Å²) in [5, 5.41) is 25.4. The third-order valence-electron chi connectivity index (χ3n) is 7.45. The molecule has 9 heteroatoms. The normalized spacial score (nSPS) is 26.6. The number of rotatable bonds is 8. The summed E-state index contributed by atoms with van der Waals surface area (Å²) in [6.07, 6.45) is 2.52. The van der Waals surface area contributed by atoms with Crippen LogP contribution in [0, 0.1) is 33.8 Å². The fourth-order valence-corrected chi connectivity index (χ4v) is 6.67. The highest BCUT2D eigenvalue weighted by atomic mass is 79.9. The number of dihydropyridines is 1. The van der Waals surface area contributed by atoms with Gasteiger partial charge in [0.05, 0.1) is 22.0 Å². The second-order valence-corrected chi connectivity index (χ2v) is 11.2. The fourth-order valence-electron chi connectivity index (χ4n) is 6.08. The summed E-state index contributed by atoms with van der Waals surface area (Å²) < 4.78 is 6.21. The molecule has 1 aliphatic heterocycles. The molecule has 0 aromatic heterocycles. The Hall–Kier alpha value is -2.68. The molecule has 1 aromatic carbocycles. The molecule has 0 bridgehead atoms. The van der Waals surface area contributed by atoms with E-state index >= 15 is 0 Å². The maximum Gasteiger partial charge on any atom is 0.337 e. The number of alkyl halides is 1. The number of nitrogens with zero attached hydrogens (tertiary/aromatic N) is 1. The molecule has 1 heterocycles. The molecule has 0 radical (unpaired) electrons. The second kappa shape index (κ2) is 11.6. The summed E-state index contributed by atoms with van der Waals surface area (Å²) >= 11 is 3.57. The second-order valence-electron chi connectivity index (χ2n) is 10.4. The van der Waals surface area contributed by atoms with Crippen molar-refractivity contribution in [1.82, 2.24) is 5.32 Å². The van der Waals surface area contributed by atoms with Crippen molar-refractivity contribution in [3.05, 3.63) is 62.5 Å². The van der Waals surface area contributed by atoms with Crippen LogP contribution in [0.25, 0.3) is 0 Å². The van der Waals surface area contributed by atoms with Crippen molar-refractivity contribution in [2.45, 2.75) is 65.9 Å². The van der Waals surface area contributed by atoms with Crippen LogP contribution in [-0.2, 0) is 14.3 Å². The summed E-state index contributed by atoms with van der Waals surface area (Å²) in [7, 11) is 0. The number of halogens is 1. The van der Waals surface area contributed by atoms with Gasteiger partial charge in [-0.05, 0) is 56.4 Å². The third kappa shape index (κ3) is 5.82. The molecule has 2 N–H and O–H groups in total. The number of aliphatic carboxylic acids is 1. The zero-order valence-electron chi connectivity index (χ0n) is 21.4. The number of carboxylic acids is 1. The number of nitro benzene ring substituents is 1. The zero-order valence-corrected chi connectivity index (χ0v) is 23.0. The van der Waals surface area contributed by atoms with Gasteiger partial charge in [-0.15, -0.1) is 0 Å². The number of hydrogen-bond donors (Lipinski definition) is 2. The van der Waals surface area contributed by atoms with Gasteiger partial charge in [0, 0.05) is 34.8 Å². The number of allylic oxidation sites excluding steroid dienone is 2. The van der Waals surface area contributed by atoms with Crippen LogP contribution >= 0.6 is 15.9 Å². The van der Waals surface area contributed by atoms with Gasteiger partial charge in [-0.3, -0.25) is 10.1 Å². The Kier molecular flexibility index (Phi) is 8.98. The van der Waals surface area contributed by atoms with Crippen LogP contribution in [0.5, 0.6) is 0 Å². The average Bonchev–Trinajstić information content (AvgIpc) is 2.77. The van der Waals surface area contributed by atoms with Gasteiger partial charge in [-0.2, -0.15) is 0 Å². The molecule has 5 unspecified atom stereocenters. The van der Waals surface area contributed by atoms with Crippen LogP contribution < -0.4 is 5.32 Å². The van der Waals surface area contributed by atoms with Gasteiger partial charge in [0.2, 0.25) is 0 Å². The number of hydrogen-bond acceptors (Lipinski definition) is 6. The summed E-state index contributed by atoms with van der Waals surface area (Å²) in [5.74, 6) is -1.47. The van der Waals surface area contributed by atoms with E-state index in [9.17, 15) is 24.8 Å². The van der Waals surface area contributed by atoms with E-state index in [1.807, 2.05) is 0 Å². The van der Waals surface area contributed by atoms with Crippen molar-refractivity contribution in [3.8, 4) is 0 Å². The van der Waals surface area contributed by atoms with E-state index in [0.29, 0.717) is 34.7 Å². The minimum absolute atomic E-state index is 0.0253. The highest BCUT2D eigenvalue weighted by Gasteiger charge is 2.43. The molecule has 5 atom stereocenters. The molecule has 1 aliphatic carbocycles. The van der Waals surface area contributed by atoms with Gasteiger partial charge in [0.15, 0.2) is 0 Å². The molecule has 1 saturated carbocycles. The van der Waals surface area contributed by atoms with Gasteiger partial charge in [-0.25, -0.2) is 9.59 Å². The Balaban J connectivity index is 2.04. The molecule has 0 spiro atoms. The van der Waals surface area contributed by atoms with E-state index in [1.54, 1.807) is 19.9 Å². The van der Waals surface area contributed by atoms with E-state index in [4.69, 9.17) is 4.74 Å². The Morgan fingerprint density at radius 2 is 1.89 bits per heavy atom. The van der Waals surface area contributed by atoms with Crippen molar-refractivity contribution < 1.29 is 24.4 Å². The van der Waals surface area contributed by atoms with Gasteiger partial charge >= 0.3 is 11.9 Å². The molecular formula is C27H35BrN2O6. The van der Waals surface area contributed by atoms with Crippen LogP contribution in [0.3, 0.4) is 0 Å². The Labute approximate surface area is 220 Å². The average molecular weight is 563 g/mol. The number of ether oxygens (including phenoxy) is 1. The van der Waals surface area contributed by atoms with Crippen molar-refractivity contribution >= 4 is 33.6 Å². The lowest BCUT2D eigenvalue weighted by molar-refractivity contribution is -0.384. The lowest BCUT2D eigenvalue weighted by Gasteiger charge is -2.43. The van der Waals surface area contributed by atoms with Gasteiger partial charge < -0.3 is 15.2 Å². The molecule has 0 saturated heterocycles. The molecular weight excluding hydrogens is 528 g/mol. The maximum atomic E-state index is 13.8. The highest BCUT2D eigenvalue weighted by molar-refractivity contribution is 9.09. The molecule has 36 heavy (non-hydrogen) atoms. The molecule has 2 aliphatic rings. The van der Waals surface area contributed by atoms with E-state index < -0.39 is 22.8 Å². The van der Waals surface area contributed by atoms with E-state index in [-0.39, 0.29) is 28.9 Å². The van der Waals surface area contributed by atoms with Crippen LogP contribution in [0.1, 0.15) is 65.4 Å². The molecule has 1 aromatic rings. The number of carbonyl (C=O) groups excluding carboxylic acids is 1. The number of non-ortho nitro benzene ring substituents is 1. The Bertz CT molecular complexity index is 1100. The number of carboxylic acid groups (broad SMARTS) is 1. The standard InChI is InChI=1S/C27H35BrN2O6/c1-14(2)22-19(9-10-28)11-15(3)12-21(22)36-27(33)24-17(5)29-16(4)23(26(31)32)25(24)18-7-6-8-20(13-18)30(34)35/h6-8,13-15,19,21-22,25,29H,9-12H2,1-5H3,(H,31,32). The molecule has 8 nitrogen and oxygen atoms in total. The van der Waals surface area contributed by atoms with Crippen LogP contribution in [0.2, 0.25) is 0 Å². The lowest BCUT2D eigenvalue weighted by atomic mass is 9.67. The summed E-state index contributed by atoms with van der Waals surface area (Å²) in [5.41, 5.74) is 1.22. The van der Waals surface area contributed by atoms with Crippen LogP contribution in [0.4, 0.5) is 5.69 Å². The number of carbonyl (C=O) groups is 2. The monoisotopic (exact) mass is 562 g/mol. The number of benzene rings is 1. The minimum Gasteiger partial charge on any atom is -0.478 e. The topological polar surface area (TPSA) is 119 Å². The lowest BCUT2D eigenvalue weighted by Crippen LogP contribution is -2.43. The molecule has 1 fully saturated rings. The largest absolute Gasteiger partial charge is 0.478 e. The van der Waals surface area contributed by atoms with Crippen LogP contribution in [-0.4, -0.2) is 33.4 Å². The van der Waals surface area contributed by atoms with Crippen molar-refractivity contribution in [1.29, 1.82) is 0 Å². The number of nitrogens with one attached hydrogen (secondary N) is 1. The first-order valence-corrected chi connectivity index (χ1v) is 13.5. The summed E-state index contributed by atoms with van der Waals surface area (Å²) in [4.78, 5) is 37.0. The number of nitro groups is 1. The van der Waals surface area contributed by atoms with Gasteiger partial charge in [-0.1, -0.05) is 48.8 Å².